The molecule has 100 valence electrons. The summed E-state index contributed by atoms with van der Waals surface area (Å²) in [5.74, 6) is -0.276. The van der Waals surface area contributed by atoms with Crippen molar-refractivity contribution in [3.05, 3.63) is 60.4 Å². The van der Waals surface area contributed by atoms with E-state index in [1.165, 1.54) is 11.0 Å². The molecular formula is C13H12N6O. The molecule has 0 spiro atoms. The van der Waals surface area contributed by atoms with Crippen LogP contribution in [0.3, 0.4) is 0 Å². The Hall–Kier alpha value is -2.96. The van der Waals surface area contributed by atoms with Gasteiger partial charge in [0.2, 0.25) is 0 Å². The van der Waals surface area contributed by atoms with Crippen LogP contribution < -0.4 is 5.32 Å². The first-order chi connectivity index (χ1) is 9.83. The molecule has 0 saturated heterocycles. The number of nitrogens with zero attached hydrogens (tertiary/aromatic N) is 4. The fourth-order valence-electron chi connectivity index (χ4n) is 1.70. The topological polar surface area (TPSA) is 88.5 Å². The standard InChI is InChI=1S/C13H12N6O/c20-13(15-7-10-6-14-9-16-10)12-8-17-19(18-12)11-4-2-1-3-5-11/h1-6,8-9H,7H2,(H,14,16)(H,15,20). The average molecular weight is 268 g/mol. The number of imidazole rings is 1. The lowest BCUT2D eigenvalue weighted by molar-refractivity contribution is 0.0945. The summed E-state index contributed by atoms with van der Waals surface area (Å²) < 4.78 is 0. The van der Waals surface area contributed by atoms with Gasteiger partial charge in [-0.1, -0.05) is 18.2 Å². The van der Waals surface area contributed by atoms with Crippen molar-refractivity contribution in [2.45, 2.75) is 6.54 Å². The normalized spacial score (nSPS) is 10.4. The van der Waals surface area contributed by atoms with E-state index in [0.717, 1.165) is 11.4 Å². The highest BCUT2D eigenvalue weighted by atomic mass is 16.2. The highest BCUT2D eigenvalue weighted by molar-refractivity contribution is 5.91. The summed E-state index contributed by atoms with van der Waals surface area (Å²) in [6.45, 7) is 0.372. The van der Waals surface area contributed by atoms with Crippen molar-refractivity contribution < 1.29 is 4.79 Å². The van der Waals surface area contributed by atoms with Crippen LogP contribution in [0.5, 0.6) is 0 Å². The molecule has 0 unspecified atom stereocenters. The Labute approximate surface area is 114 Å². The van der Waals surface area contributed by atoms with Crippen molar-refractivity contribution in [2.75, 3.05) is 0 Å². The molecule has 0 bridgehead atoms. The molecule has 20 heavy (non-hydrogen) atoms. The number of carbonyl (C=O) groups is 1. The number of amides is 1. The zero-order chi connectivity index (χ0) is 13.8. The lowest BCUT2D eigenvalue weighted by Crippen LogP contribution is -2.23. The van der Waals surface area contributed by atoms with Crippen LogP contribution in [-0.2, 0) is 6.54 Å². The molecule has 3 aromatic rings. The third-order valence-corrected chi connectivity index (χ3v) is 2.71. The Bertz CT molecular complexity index is 689. The lowest BCUT2D eigenvalue weighted by atomic mass is 10.3. The molecule has 0 aliphatic heterocycles. The fraction of sp³-hybridized carbons (Fsp3) is 0.0769. The van der Waals surface area contributed by atoms with Crippen molar-refractivity contribution in [2.24, 2.45) is 0 Å². The number of nitrogens with one attached hydrogen (secondary N) is 2. The molecule has 2 N–H and O–H groups in total. The van der Waals surface area contributed by atoms with E-state index in [4.69, 9.17) is 0 Å². The van der Waals surface area contributed by atoms with Crippen molar-refractivity contribution in [1.29, 1.82) is 0 Å². The molecule has 1 amide bonds. The first-order valence-electron chi connectivity index (χ1n) is 6.06. The molecule has 0 atom stereocenters. The van der Waals surface area contributed by atoms with Gasteiger partial charge >= 0.3 is 0 Å². The van der Waals surface area contributed by atoms with Crippen molar-refractivity contribution in [1.82, 2.24) is 30.3 Å². The van der Waals surface area contributed by atoms with E-state index < -0.39 is 0 Å². The SMILES string of the molecule is O=C(NCc1cnc[nH]1)c1cnn(-c2ccccc2)n1. The minimum atomic E-state index is -0.276. The highest BCUT2D eigenvalue weighted by Crippen LogP contribution is 2.04. The van der Waals surface area contributed by atoms with E-state index in [1.807, 2.05) is 30.3 Å². The summed E-state index contributed by atoms with van der Waals surface area (Å²) in [7, 11) is 0. The minimum absolute atomic E-state index is 0.272. The first kappa shape index (κ1) is 12.1. The van der Waals surface area contributed by atoms with Gasteiger partial charge in [0, 0.05) is 6.20 Å². The summed E-state index contributed by atoms with van der Waals surface area (Å²) in [5, 5.41) is 11.0. The number of H-pyrrole nitrogens is 1. The van der Waals surface area contributed by atoms with Gasteiger partial charge < -0.3 is 10.3 Å². The van der Waals surface area contributed by atoms with Crippen LogP contribution in [0.2, 0.25) is 0 Å². The van der Waals surface area contributed by atoms with Crippen LogP contribution in [0, 0.1) is 0 Å². The molecule has 7 heteroatoms. The molecule has 0 fully saturated rings. The number of hydrogen-bond donors (Lipinski definition) is 2. The molecule has 1 aromatic carbocycles. The summed E-state index contributed by atoms with van der Waals surface area (Å²) in [6.07, 6.45) is 4.66. The van der Waals surface area contributed by atoms with Crippen LogP contribution in [-0.4, -0.2) is 30.9 Å². The van der Waals surface area contributed by atoms with Gasteiger partial charge in [-0.25, -0.2) is 4.98 Å². The Morgan fingerprint density at radius 1 is 1.25 bits per heavy atom. The number of carbonyl (C=O) groups excluding carboxylic acids is 1. The maximum atomic E-state index is 11.9. The second kappa shape index (κ2) is 5.35. The Morgan fingerprint density at radius 3 is 2.85 bits per heavy atom. The van der Waals surface area contributed by atoms with Gasteiger partial charge in [0.15, 0.2) is 5.69 Å². The van der Waals surface area contributed by atoms with E-state index in [1.54, 1.807) is 12.5 Å². The van der Waals surface area contributed by atoms with Gasteiger partial charge in [0.05, 0.1) is 30.5 Å². The third-order valence-electron chi connectivity index (χ3n) is 2.71. The summed E-state index contributed by atoms with van der Waals surface area (Å²) in [4.78, 5) is 20.1. The van der Waals surface area contributed by atoms with Crippen LogP contribution >= 0.6 is 0 Å². The van der Waals surface area contributed by atoms with Gasteiger partial charge in [0.25, 0.3) is 5.91 Å². The van der Waals surface area contributed by atoms with Gasteiger partial charge in [-0.2, -0.15) is 9.90 Å². The first-order valence-corrected chi connectivity index (χ1v) is 6.06. The van der Waals surface area contributed by atoms with Crippen molar-refractivity contribution in [3.63, 3.8) is 0 Å². The average Bonchev–Trinajstić information content (AvgIpc) is 3.17. The number of rotatable bonds is 4. The number of aromatic amines is 1. The number of para-hydroxylation sites is 1. The summed E-state index contributed by atoms with van der Waals surface area (Å²) in [5.41, 5.74) is 1.90. The molecule has 2 heterocycles. The van der Waals surface area contributed by atoms with E-state index in [9.17, 15) is 4.79 Å². The smallest absolute Gasteiger partial charge is 0.273 e. The Balaban J connectivity index is 1.69. The number of aromatic nitrogens is 5. The Kier molecular flexibility index (Phi) is 3.24. The number of hydrogen-bond acceptors (Lipinski definition) is 4. The monoisotopic (exact) mass is 268 g/mol. The fourth-order valence-corrected chi connectivity index (χ4v) is 1.70. The summed E-state index contributed by atoms with van der Waals surface area (Å²) in [6, 6.07) is 9.41. The Morgan fingerprint density at radius 2 is 2.10 bits per heavy atom. The lowest BCUT2D eigenvalue weighted by Gasteiger charge is -2.00. The second-order valence-electron chi connectivity index (χ2n) is 4.11. The molecule has 7 nitrogen and oxygen atoms in total. The van der Waals surface area contributed by atoms with Crippen molar-refractivity contribution >= 4 is 5.91 Å². The molecule has 0 saturated carbocycles. The van der Waals surface area contributed by atoms with E-state index >= 15 is 0 Å². The van der Waals surface area contributed by atoms with Gasteiger partial charge in [-0.15, -0.1) is 5.10 Å². The minimum Gasteiger partial charge on any atom is -0.347 e. The largest absolute Gasteiger partial charge is 0.347 e. The highest BCUT2D eigenvalue weighted by Gasteiger charge is 2.11. The molecule has 0 aliphatic carbocycles. The maximum Gasteiger partial charge on any atom is 0.273 e. The van der Waals surface area contributed by atoms with E-state index in [-0.39, 0.29) is 11.6 Å². The van der Waals surface area contributed by atoms with Crippen LogP contribution in [0.4, 0.5) is 0 Å². The van der Waals surface area contributed by atoms with Gasteiger partial charge in [0.1, 0.15) is 0 Å². The molecular weight excluding hydrogens is 256 g/mol. The zero-order valence-corrected chi connectivity index (χ0v) is 10.5. The van der Waals surface area contributed by atoms with Crippen LogP contribution in [0.15, 0.2) is 49.1 Å². The number of benzene rings is 1. The quantitative estimate of drug-likeness (QED) is 0.736. The van der Waals surface area contributed by atoms with Crippen LogP contribution in [0.1, 0.15) is 16.2 Å². The van der Waals surface area contributed by atoms with Gasteiger partial charge in [-0.3, -0.25) is 4.79 Å². The van der Waals surface area contributed by atoms with Crippen molar-refractivity contribution in [3.8, 4) is 5.69 Å². The second-order valence-corrected chi connectivity index (χ2v) is 4.11. The maximum absolute atomic E-state index is 11.9. The van der Waals surface area contributed by atoms with Crippen LogP contribution in [0.25, 0.3) is 5.69 Å². The summed E-state index contributed by atoms with van der Waals surface area (Å²) >= 11 is 0. The third kappa shape index (κ3) is 2.56. The molecule has 3 rings (SSSR count). The molecule has 2 aromatic heterocycles. The molecule has 0 radical (unpaired) electrons. The van der Waals surface area contributed by atoms with E-state index in [2.05, 4.69) is 25.5 Å². The predicted octanol–water partition coefficient (Wildman–Crippen LogP) is 0.920. The molecule has 0 aliphatic rings. The van der Waals surface area contributed by atoms with Gasteiger partial charge in [-0.05, 0) is 12.1 Å². The zero-order valence-electron chi connectivity index (χ0n) is 10.5. The predicted molar refractivity (Wildman–Crippen MR) is 71.1 cm³/mol. The van der Waals surface area contributed by atoms with E-state index in [0.29, 0.717) is 6.54 Å².